The Kier molecular flexibility index (Phi) is 3.66. The molecule has 18 heavy (non-hydrogen) atoms. The largest absolute Gasteiger partial charge is 0.321 e. The Morgan fingerprint density at radius 3 is 2.61 bits per heavy atom. The number of rotatable bonds is 2. The highest BCUT2D eigenvalue weighted by Gasteiger charge is 2.10. The van der Waals surface area contributed by atoms with Crippen LogP contribution in [0.2, 0.25) is 0 Å². The van der Waals surface area contributed by atoms with Crippen molar-refractivity contribution >= 4 is 27.5 Å². The molecule has 2 aromatic rings. The predicted molar refractivity (Wildman–Crippen MR) is 66.2 cm³/mol. The van der Waals surface area contributed by atoms with Gasteiger partial charge in [0.25, 0.3) is 5.91 Å². The summed E-state index contributed by atoms with van der Waals surface area (Å²) in [5, 5.41) is 2.53. The molecule has 0 atom stereocenters. The Hall–Kier alpha value is -1.82. The first-order valence-electron chi connectivity index (χ1n) is 4.93. The molecule has 0 fully saturated rings. The fourth-order valence-electron chi connectivity index (χ4n) is 1.32. The second kappa shape index (κ2) is 5.22. The van der Waals surface area contributed by atoms with E-state index in [9.17, 15) is 13.6 Å². The number of aromatic nitrogens is 1. The Labute approximate surface area is 110 Å². The summed E-state index contributed by atoms with van der Waals surface area (Å²) in [5.41, 5.74) is 0.494. The summed E-state index contributed by atoms with van der Waals surface area (Å²) in [4.78, 5) is 15.6. The van der Waals surface area contributed by atoms with Crippen molar-refractivity contribution in [3.63, 3.8) is 0 Å². The smallest absolute Gasteiger partial charge is 0.255 e. The minimum atomic E-state index is -1.06. The molecule has 1 amide bonds. The molecule has 1 aromatic carbocycles. The van der Waals surface area contributed by atoms with Crippen LogP contribution in [-0.2, 0) is 0 Å². The van der Waals surface area contributed by atoms with Crippen LogP contribution < -0.4 is 5.32 Å². The van der Waals surface area contributed by atoms with Crippen molar-refractivity contribution < 1.29 is 13.6 Å². The van der Waals surface area contributed by atoms with Crippen molar-refractivity contribution in [2.75, 3.05) is 5.32 Å². The highest BCUT2D eigenvalue weighted by atomic mass is 79.9. The first-order valence-corrected chi connectivity index (χ1v) is 5.72. The summed E-state index contributed by atoms with van der Waals surface area (Å²) in [6.07, 6.45) is 3.01. The molecule has 0 radical (unpaired) electrons. The lowest BCUT2D eigenvalue weighted by Crippen LogP contribution is -2.12. The molecule has 0 unspecified atom stereocenters. The summed E-state index contributed by atoms with van der Waals surface area (Å²) in [6.45, 7) is 0. The Balaban J connectivity index is 2.19. The van der Waals surface area contributed by atoms with Gasteiger partial charge in [0, 0.05) is 16.2 Å². The maximum Gasteiger partial charge on any atom is 0.255 e. The monoisotopic (exact) mass is 312 g/mol. The molecule has 1 heterocycles. The van der Waals surface area contributed by atoms with Crippen molar-refractivity contribution in [3.8, 4) is 0 Å². The number of hydrogen-bond acceptors (Lipinski definition) is 2. The number of nitrogens with one attached hydrogen (secondary N) is 1. The maximum absolute atomic E-state index is 13.0. The van der Waals surface area contributed by atoms with Crippen molar-refractivity contribution in [3.05, 3.63) is 58.3 Å². The fourth-order valence-corrected chi connectivity index (χ4v) is 1.69. The standard InChI is InChI=1S/C12H7BrF2N2O/c13-8-4-9(6-16-5-8)17-12(18)7-1-2-10(14)11(15)3-7/h1-6H,(H,17,18). The van der Waals surface area contributed by atoms with Gasteiger partial charge in [0.15, 0.2) is 11.6 Å². The Morgan fingerprint density at radius 1 is 1.17 bits per heavy atom. The number of amides is 1. The van der Waals surface area contributed by atoms with Crippen LogP contribution in [0.3, 0.4) is 0 Å². The van der Waals surface area contributed by atoms with Crippen LogP contribution >= 0.6 is 15.9 Å². The van der Waals surface area contributed by atoms with Gasteiger partial charge in [-0.2, -0.15) is 0 Å². The molecule has 1 aromatic heterocycles. The number of anilines is 1. The first-order chi connectivity index (χ1) is 8.56. The van der Waals surface area contributed by atoms with Crippen LogP contribution in [0.4, 0.5) is 14.5 Å². The SMILES string of the molecule is O=C(Nc1cncc(Br)c1)c1ccc(F)c(F)c1. The fraction of sp³-hybridized carbons (Fsp3) is 0. The zero-order valence-electron chi connectivity index (χ0n) is 8.95. The average molecular weight is 313 g/mol. The zero-order chi connectivity index (χ0) is 13.1. The van der Waals surface area contributed by atoms with Gasteiger partial charge >= 0.3 is 0 Å². The van der Waals surface area contributed by atoms with Crippen molar-refractivity contribution in [1.29, 1.82) is 0 Å². The normalized spacial score (nSPS) is 10.2. The lowest BCUT2D eigenvalue weighted by Gasteiger charge is -2.05. The Morgan fingerprint density at radius 2 is 1.94 bits per heavy atom. The van der Waals surface area contributed by atoms with Crippen LogP contribution in [0.5, 0.6) is 0 Å². The molecule has 0 aliphatic rings. The van der Waals surface area contributed by atoms with Gasteiger partial charge in [-0.3, -0.25) is 9.78 Å². The molecule has 92 valence electrons. The quantitative estimate of drug-likeness (QED) is 0.923. The number of carbonyl (C=O) groups excluding carboxylic acids is 1. The number of hydrogen-bond donors (Lipinski definition) is 1. The maximum atomic E-state index is 13.0. The molecule has 0 bridgehead atoms. The summed E-state index contributed by atoms with van der Waals surface area (Å²) < 4.78 is 26.4. The summed E-state index contributed by atoms with van der Waals surface area (Å²) >= 11 is 3.21. The third-order valence-electron chi connectivity index (χ3n) is 2.14. The van der Waals surface area contributed by atoms with Gasteiger partial charge in [-0.05, 0) is 40.2 Å². The number of benzene rings is 1. The average Bonchev–Trinajstić information content (AvgIpc) is 2.32. The minimum absolute atomic E-state index is 0.0360. The predicted octanol–water partition coefficient (Wildman–Crippen LogP) is 3.37. The number of pyridine rings is 1. The van der Waals surface area contributed by atoms with Crippen LogP contribution in [-0.4, -0.2) is 10.9 Å². The van der Waals surface area contributed by atoms with E-state index in [1.165, 1.54) is 12.3 Å². The third-order valence-corrected chi connectivity index (χ3v) is 2.58. The number of carbonyl (C=O) groups is 1. The summed E-state index contributed by atoms with van der Waals surface area (Å²) in [7, 11) is 0. The first kappa shape index (κ1) is 12.6. The van der Waals surface area contributed by atoms with Gasteiger partial charge in [0.2, 0.25) is 0 Å². The molecular weight excluding hydrogens is 306 g/mol. The van der Waals surface area contributed by atoms with E-state index >= 15 is 0 Å². The van der Waals surface area contributed by atoms with E-state index in [2.05, 4.69) is 26.2 Å². The lowest BCUT2D eigenvalue weighted by molar-refractivity contribution is 0.102. The van der Waals surface area contributed by atoms with Crippen molar-refractivity contribution in [1.82, 2.24) is 4.98 Å². The van der Waals surface area contributed by atoms with Gasteiger partial charge < -0.3 is 5.32 Å². The van der Waals surface area contributed by atoms with E-state index in [0.29, 0.717) is 10.2 Å². The van der Waals surface area contributed by atoms with E-state index < -0.39 is 17.5 Å². The topological polar surface area (TPSA) is 42.0 Å². The second-order valence-corrected chi connectivity index (χ2v) is 4.39. The molecule has 3 nitrogen and oxygen atoms in total. The van der Waals surface area contributed by atoms with Crippen LogP contribution in [0.1, 0.15) is 10.4 Å². The molecule has 0 saturated heterocycles. The van der Waals surface area contributed by atoms with E-state index in [1.54, 1.807) is 12.3 Å². The highest BCUT2D eigenvalue weighted by Crippen LogP contribution is 2.15. The van der Waals surface area contributed by atoms with Crippen LogP contribution in [0.15, 0.2) is 41.1 Å². The van der Waals surface area contributed by atoms with Gasteiger partial charge in [-0.25, -0.2) is 8.78 Å². The molecule has 1 N–H and O–H groups in total. The molecule has 0 aliphatic heterocycles. The zero-order valence-corrected chi connectivity index (χ0v) is 10.5. The van der Waals surface area contributed by atoms with Crippen LogP contribution in [0, 0.1) is 11.6 Å². The molecule has 0 aliphatic carbocycles. The van der Waals surface area contributed by atoms with Crippen LogP contribution in [0.25, 0.3) is 0 Å². The van der Waals surface area contributed by atoms with Crippen molar-refractivity contribution in [2.45, 2.75) is 0 Å². The van der Waals surface area contributed by atoms with E-state index in [0.717, 1.165) is 12.1 Å². The van der Waals surface area contributed by atoms with E-state index in [4.69, 9.17) is 0 Å². The third kappa shape index (κ3) is 2.89. The van der Waals surface area contributed by atoms with Gasteiger partial charge in [-0.15, -0.1) is 0 Å². The number of halogens is 3. The molecule has 0 saturated carbocycles. The lowest BCUT2D eigenvalue weighted by atomic mass is 10.2. The van der Waals surface area contributed by atoms with Gasteiger partial charge in [0.05, 0.1) is 11.9 Å². The molecule has 2 rings (SSSR count). The highest BCUT2D eigenvalue weighted by molar-refractivity contribution is 9.10. The van der Waals surface area contributed by atoms with Crippen molar-refractivity contribution in [2.24, 2.45) is 0 Å². The summed E-state index contributed by atoms with van der Waals surface area (Å²) in [6, 6.07) is 4.60. The van der Waals surface area contributed by atoms with E-state index in [-0.39, 0.29) is 5.56 Å². The van der Waals surface area contributed by atoms with Gasteiger partial charge in [-0.1, -0.05) is 0 Å². The van der Waals surface area contributed by atoms with E-state index in [1.807, 2.05) is 0 Å². The Bertz CT molecular complexity index is 604. The summed E-state index contributed by atoms with van der Waals surface area (Å²) in [5.74, 6) is -2.58. The molecule has 0 spiro atoms. The van der Waals surface area contributed by atoms with Gasteiger partial charge in [0.1, 0.15) is 0 Å². The molecular formula is C12H7BrF2N2O. The molecule has 6 heteroatoms. The second-order valence-electron chi connectivity index (χ2n) is 3.47. The minimum Gasteiger partial charge on any atom is -0.321 e. The number of nitrogens with zero attached hydrogens (tertiary/aromatic N) is 1.